The molecule has 88 valence electrons. The number of carboxylic acids is 1. The number of anilines is 1. The van der Waals surface area contributed by atoms with Crippen molar-refractivity contribution in [3.63, 3.8) is 0 Å². The van der Waals surface area contributed by atoms with E-state index in [4.69, 9.17) is 10.8 Å². The third-order valence-electron chi connectivity index (χ3n) is 2.15. The first kappa shape index (κ1) is 12.2. The van der Waals surface area contributed by atoms with Crippen LogP contribution in [-0.4, -0.2) is 22.6 Å². The van der Waals surface area contributed by atoms with Crippen molar-refractivity contribution in [3.8, 4) is 5.75 Å². The number of carboxylic acid groups (broad SMARTS) is 1. The lowest BCUT2D eigenvalue weighted by atomic mass is 9.95. The summed E-state index contributed by atoms with van der Waals surface area (Å²) >= 11 is 0. The van der Waals surface area contributed by atoms with Crippen molar-refractivity contribution in [2.24, 2.45) is 0 Å². The zero-order valence-electron chi connectivity index (χ0n) is 8.23. The minimum Gasteiger partial charge on any atom is -0.508 e. The van der Waals surface area contributed by atoms with E-state index in [9.17, 15) is 18.7 Å². The number of aliphatic carboxylic acids is 1. The number of halogens is 2. The zero-order valence-corrected chi connectivity index (χ0v) is 8.23. The van der Waals surface area contributed by atoms with Crippen molar-refractivity contribution in [3.05, 3.63) is 23.8 Å². The Kier molecular flexibility index (Phi) is 3.65. The maximum absolute atomic E-state index is 12.6. The summed E-state index contributed by atoms with van der Waals surface area (Å²) in [6.07, 6.45) is -3.60. The molecule has 0 fully saturated rings. The third kappa shape index (κ3) is 2.82. The number of rotatable bonds is 4. The van der Waals surface area contributed by atoms with E-state index in [1.54, 1.807) is 0 Å². The first-order valence-electron chi connectivity index (χ1n) is 4.50. The molecule has 0 aliphatic carbocycles. The van der Waals surface area contributed by atoms with E-state index >= 15 is 0 Å². The minimum absolute atomic E-state index is 0.105. The summed E-state index contributed by atoms with van der Waals surface area (Å²) in [4.78, 5) is 10.4. The van der Waals surface area contributed by atoms with E-state index in [2.05, 4.69) is 0 Å². The molecule has 1 aromatic rings. The van der Waals surface area contributed by atoms with Gasteiger partial charge in [0.1, 0.15) is 5.75 Å². The van der Waals surface area contributed by atoms with E-state index < -0.39 is 30.5 Å². The molecule has 0 saturated heterocycles. The molecule has 6 heteroatoms. The number of phenols is 1. The molecule has 0 amide bonds. The lowest BCUT2D eigenvalue weighted by Crippen LogP contribution is -2.14. The number of benzene rings is 1. The Morgan fingerprint density at radius 3 is 2.50 bits per heavy atom. The SMILES string of the molecule is Nc1ccc(C(CC(=O)O)C(F)F)c(O)c1. The topological polar surface area (TPSA) is 83.6 Å². The quantitative estimate of drug-likeness (QED) is 0.690. The summed E-state index contributed by atoms with van der Waals surface area (Å²) in [5.74, 6) is -3.29. The van der Waals surface area contributed by atoms with Crippen molar-refractivity contribution in [1.82, 2.24) is 0 Å². The second-order valence-corrected chi connectivity index (χ2v) is 3.36. The first-order valence-corrected chi connectivity index (χ1v) is 4.50. The highest BCUT2D eigenvalue weighted by atomic mass is 19.3. The van der Waals surface area contributed by atoms with Crippen LogP contribution in [0, 0.1) is 0 Å². The normalized spacial score (nSPS) is 12.7. The second-order valence-electron chi connectivity index (χ2n) is 3.36. The van der Waals surface area contributed by atoms with Crippen LogP contribution in [0.15, 0.2) is 18.2 Å². The summed E-state index contributed by atoms with van der Waals surface area (Å²) in [5.41, 5.74) is 5.46. The standard InChI is InChI=1S/C10H11F2NO3/c11-10(12)7(4-9(15)16)6-2-1-5(13)3-8(6)14/h1-3,7,10,14H,4,13H2,(H,15,16). The maximum Gasteiger partial charge on any atom is 0.304 e. The van der Waals surface area contributed by atoms with Crippen LogP contribution >= 0.6 is 0 Å². The van der Waals surface area contributed by atoms with E-state index in [-0.39, 0.29) is 11.3 Å². The summed E-state index contributed by atoms with van der Waals surface area (Å²) in [5, 5.41) is 17.9. The van der Waals surface area contributed by atoms with Crippen LogP contribution in [-0.2, 0) is 4.79 Å². The number of hydrogen-bond donors (Lipinski definition) is 3. The van der Waals surface area contributed by atoms with Gasteiger partial charge in [-0.1, -0.05) is 6.07 Å². The van der Waals surface area contributed by atoms with Gasteiger partial charge in [-0.3, -0.25) is 4.79 Å². The molecule has 0 bridgehead atoms. The molecule has 0 spiro atoms. The van der Waals surface area contributed by atoms with Crippen molar-refractivity contribution in [1.29, 1.82) is 0 Å². The summed E-state index contributed by atoms with van der Waals surface area (Å²) in [6, 6.07) is 3.67. The Morgan fingerprint density at radius 1 is 1.44 bits per heavy atom. The number of nitrogens with two attached hydrogens (primary N) is 1. The molecule has 4 N–H and O–H groups in total. The van der Waals surface area contributed by atoms with Gasteiger partial charge in [0.15, 0.2) is 0 Å². The highest BCUT2D eigenvalue weighted by molar-refractivity contribution is 5.68. The Hall–Kier alpha value is -1.85. The lowest BCUT2D eigenvalue weighted by Gasteiger charge is -2.15. The molecule has 0 heterocycles. The van der Waals surface area contributed by atoms with E-state index in [1.165, 1.54) is 12.1 Å². The van der Waals surface area contributed by atoms with Gasteiger partial charge in [0.25, 0.3) is 0 Å². The van der Waals surface area contributed by atoms with Gasteiger partial charge in [0, 0.05) is 17.3 Å². The summed E-state index contributed by atoms with van der Waals surface area (Å²) in [7, 11) is 0. The number of carbonyl (C=O) groups is 1. The van der Waals surface area contributed by atoms with Gasteiger partial charge in [-0.25, -0.2) is 8.78 Å². The largest absolute Gasteiger partial charge is 0.508 e. The Labute approximate surface area is 90.3 Å². The van der Waals surface area contributed by atoms with Crippen LogP contribution in [0.1, 0.15) is 17.9 Å². The monoisotopic (exact) mass is 231 g/mol. The molecule has 16 heavy (non-hydrogen) atoms. The van der Waals surface area contributed by atoms with Gasteiger partial charge < -0.3 is 15.9 Å². The molecule has 0 aliphatic heterocycles. The fraction of sp³-hybridized carbons (Fsp3) is 0.300. The van der Waals surface area contributed by atoms with Crippen LogP contribution < -0.4 is 5.73 Å². The highest BCUT2D eigenvalue weighted by Gasteiger charge is 2.27. The molecule has 1 aromatic carbocycles. The molecule has 0 aliphatic rings. The second kappa shape index (κ2) is 4.78. The molecule has 1 unspecified atom stereocenters. The van der Waals surface area contributed by atoms with Crippen LogP contribution in [0.3, 0.4) is 0 Å². The van der Waals surface area contributed by atoms with Gasteiger partial charge in [0.2, 0.25) is 6.43 Å². The number of hydrogen-bond acceptors (Lipinski definition) is 3. The Morgan fingerprint density at radius 2 is 2.06 bits per heavy atom. The highest BCUT2D eigenvalue weighted by Crippen LogP contribution is 2.34. The van der Waals surface area contributed by atoms with Gasteiger partial charge in [-0.15, -0.1) is 0 Å². The Balaban J connectivity index is 3.05. The van der Waals surface area contributed by atoms with E-state index in [1.807, 2.05) is 0 Å². The average Bonchev–Trinajstić information content (AvgIpc) is 2.14. The van der Waals surface area contributed by atoms with Crippen molar-refractivity contribution < 1.29 is 23.8 Å². The molecule has 4 nitrogen and oxygen atoms in total. The van der Waals surface area contributed by atoms with Crippen LogP contribution in [0.2, 0.25) is 0 Å². The molecular formula is C10H11F2NO3. The van der Waals surface area contributed by atoms with E-state index in [0.717, 1.165) is 6.07 Å². The van der Waals surface area contributed by atoms with E-state index in [0.29, 0.717) is 0 Å². The fourth-order valence-corrected chi connectivity index (χ4v) is 1.40. The van der Waals surface area contributed by atoms with Crippen LogP contribution in [0.5, 0.6) is 5.75 Å². The molecule has 0 saturated carbocycles. The summed E-state index contributed by atoms with van der Waals surface area (Å²) < 4.78 is 25.2. The molecule has 0 radical (unpaired) electrons. The Bertz CT molecular complexity index is 396. The predicted molar refractivity (Wildman–Crippen MR) is 53.5 cm³/mol. The lowest BCUT2D eigenvalue weighted by molar-refractivity contribution is -0.138. The van der Waals surface area contributed by atoms with Gasteiger partial charge >= 0.3 is 5.97 Å². The first-order chi connectivity index (χ1) is 7.41. The van der Waals surface area contributed by atoms with Gasteiger partial charge in [0.05, 0.1) is 12.3 Å². The average molecular weight is 231 g/mol. The minimum atomic E-state index is -2.86. The number of phenolic OH excluding ortho intramolecular Hbond substituents is 1. The van der Waals surface area contributed by atoms with Crippen LogP contribution in [0.25, 0.3) is 0 Å². The van der Waals surface area contributed by atoms with Gasteiger partial charge in [-0.2, -0.15) is 0 Å². The molecule has 0 aromatic heterocycles. The molecular weight excluding hydrogens is 220 g/mol. The smallest absolute Gasteiger partial charge is 0.304 e. The molecule has 1 atom stereocenters. The third-order valence-corrected chi connectivity index (χ3v) is 2.15. The number of nitrogen functional groups attached to an aromatic ring is 1. The molecule has 1 rings (SSSR count). The summed E-state index contributed by atoms with van der Waals surface area (Å²) in [6.45, 7) is 0. The predicted octanol–water partition coefficient (Wildman–Crippen LogP) is 1.80. The maximum atomic E-state index is 12.6. The van der Waals surface area contributed by atoms with Crippen molar-refractivity contribution in [2.75, 3.05) is 5.73 Å². The zero-order chi connectivity index (χ0) is 12.3. The number of alkyl halides is 2. The van der Waals surface area contributed by atoms with Gasteiger partial charge in [-0.05, 0) is 6.07 Å². The van der Waals surface area contributed by atoms with Crippen LogP contribution in [0.4, 0.5) is 14.5 Å². The van der Waals surface area contributed by atoms with Crippen molar-refractivity contribution in [2.45, 2.75) is 18.8 Å². The van der Waals surface area contributed by atoms with Crippen molar-refractivity contribution >= 4 is 11.7 Å². The number of aromatic hydroxyl groups is 1. The fourth-order valence-electron chi connectivity index (χ4n) is 1.40.